The van der Waals surface area contributed by atoms with E-state index in [2.05, 4.69) is 4.98 Å². The molecule has 1 aliphatic heterocycles. The van der Waals surface area contributed by atoms with E-state index in [1.165, 1.54) is 18.3 Å². The molecule has 102 valence electrons. The number of carboxylic acids is 1. The Morgan fingerprint density at radius 3 is 2.53 bits per heavy atom. The minimum absolute atomic E-state index is 0.0932. The van der Waals surface area contributed by atoms with Crippen LogP contribution >= 0.6 is 0 Å². The van der Waals surface area contributed by atoms with Crippen molar-refractivity contribution >= 4 is 11.9 Å². The summed E-state index contributed by atoms with van der Waals surface area (Å²) in [5.74, 6) is -1.22. The highest BCUT2D eigenvalue weighted by atomic mass is 16.4. The molecule has 0 spiro atoms. The van der Waals surface area contributed by atoms with Crippen molar-refractivity contribution in [2.75, 3.05) is 0 Å². The zero-order chi connectivity index (χ0) is 14.0. The van der Waals surface area contributed by atoms with Crippen LogP contribution in [0.4, 0.5) is 0 Å². The van der Waals surface area contributed by atoms with Crippen molar-refractivity contribution in [3.8, 4) is 0 Å². The highest BCUT2D eigenvalue weighted by molar-refractivity contribution is 5.96. The Labute approximate surface area is 112 Å². The second-order valence-electron chi connectivity index (χ2n) is 5.08. The number of pyridine rings is 1. The molecule has 0 saturated carbocycles. The Morgan fingerprint density at radius 1 is 1.32 bits per heavy atom. The maximum absolute atomic E-state index is 12.5. The molecule has 1 fully saturated rings. The van der Waals surface area contributed by atoms with E-state index in [0.717, 1.165) is 19.3 Å². The molecule has 0 aromatic carbocycles. The van der Waals surface area contributed by atoms with Crippen LogP contribution in [0.5, 0.6) is 0 Å². The van der Waals surface area contributed by atoms with Crippen molar-refractivity contribution in [2.24, 2.45) is 0 Å². The van der Waals surface area contributed by atoms with Crippen LogP contribution in [0.1, 0.15) is 54.0 Å². The molecule has 5 nitrogen and oxygen atoms in total. The number of aromatic carboxylic acids is 1. The molecule has 0 radical (unpaired) electrons. The third kappa shape index (κ3) is 2.75. The molecule has 2 rings (SSSR count). The van der Waals surface area contributed by atoms with E-state index in [0.29, 0.717) is 0 Å². The predicted molar refractivity (Wildman–Crippen MR) is 70.1 cm³/mol. The van der Waals surface area contributed by atoms with Crippen LogP contribution in [0.25, 0.3) is 0 Å². The number of carbonyl (C=O) groups is 2. The number of amides is 1. The van der Waals surface area contributed by atoms with E-state index in [-0.39, 0.29) is 29.2 Å². The van der Waals surface area contributed by atoms with Crippen molar-refractivity contribution in [3.63, 3.8) is 0 Å². The summed E-state index contributed by atoms with van der Waals surface area (Å²) in [5, 5.41) is 8.95. The van der Waals surface area contributed by atoms with E-state index >= 15 is 0 Å². The second-order valence-corrected chi connectivity index (χ2v) is 5.08. The summed E-state index contributed by atoms with van der Waals surface area (Å²) < 4.78 is 0. The lowest BCUT2D eigenvalue weighted by atomic mass is 9.97. The maximum atomic E-state index is 12.5. The molecule has 19 heavy (non-hydrogen) atoms. The highest BCUT2D eigenvalue weighted by Gasteiger charge is 2.30. The molecule has 2 heterocycles. The van der Waals surface area contributed by atoms with Gasteiger partial charge in [-0.15, -0.1) is 0 Å². The van der Waals surface area contributed by atoms with Gasteiger partial charge < -0.3 is 10.0 Å². The van der Waals surface area contributed by atoms with Gasteiger partial charge in [0.05, 0.1) is 5.56 Å². The summed E-state index contributed by atoms with van der Waals surface area (Å²) in [6.45, 7) is 4.04. The molecule has 1 aromatic rings. The van der Waals surface area contributed by atoms with Crippen molar-refractivity contribution in [3.05, 3.63) is 29.6 Å². The van der Waals surface area contributed by atoms with Crippen molar-refractivity contribution < 1.29 is 14.7 Å². The molecular formula is C14H18N2O3. The van der Waals surface area contributed by atoms with Gasteiger partial charge in [-0.25, -0.2) is 4.79 Å². The first-order valence-corrected chi connectivity index (χ1v) is 6.52. The normalized spacial score (nSPS) is 23.2. The van der Waals surface area contributed by atoms with Gasteiger partial charge in [0.25, 0.3) is 5.91 Å². The second kappa shape index (κ2) is 5.38. The molecule has 2 atom stereocenters. The summed E-state index contributed by atoms with van der Waals surface area (Å²) in [4.78, 5) is 29.2. The molecule has 0 bridgehead atoms. The number of carbonyl (C=O) groups excluding carboxylic acids is 1. The molecular weight excluding hydrogens is 244 g/mol. The number of likely N-dealkylation sites (tertiary alicyclic amines) is 1. The van der Waals surface area contributed by atoms with E-state index in [9.17, 15) is 9.59 Å². The highest BCUT2D eigenvalue weighted by Crippen LogP contribution is 2.24. The minimum atomic E-state index is -1.05. The first-order chi connectivity index (χ1) is 9.00. The van der Waals surface area contributed by atoms with Gasteiger partial charge in [0, 0.05) is 18.3 Å². The zero-order valence-electron chi connectivity index (χ0n) is 11.2. The lowest BCUT2D eigenvalue weighted by Gasteiger charge is -2.38. The van der Waals surface area contributed by atoms with Gasteiger partial charge in [-0.1, -0.05) is 0 Å². The minimum Gasteiger partial charge on any atom is -0.478 e. The first-order valence-electron chi connectivity index (χ1n) is 6.52. The number of hydrogen-bond donors (Lipinski definition) is 1. The monoisotopic (exact) mass is 262 g/mol. The van der Waals surface area contributed by atoms with Gasteiger partial charge in [0.15, 0.2) is 0 Å². The fourth-order valence-electron chi connectivity index (χ4n) is 2.63. The van der Waals surface area contributed by atoms with E-state index in [1.54, 1.807) is 0 Å². The van der Waals surface area contributed by atoms with Crippen molar-refractivity contribution in [2.45, 2.75) is 45.2 Å². The Morgan fingerprint density at radius 2 is 1.95 bits per heavy atom. The van der Waals surface area contributed by atoms with E-state index < -0.39 is 5.97 Å². The third-order valence-electron chi connectivity index (χ3n) is 3.65. The van der Waals surface area contributed by atoms with Gasteiger partial charge in [-0.2, -0.15) is 0 Å². The molecule has 0 aliphatic carbocycles. The van der Waals surface area contributed by atoms with Crippen LogP contribution < -0.4 is 0 Å². The van der Waals surface area contributed by atoms with Crippen LogP contribution in [0.2, 0.25) is 0 Å². The van der Waals surface area contributed by atoms with Gasteiger partial charge in [-0.3, -0.25) is 9.78 Å². The first kappa shape index (κ1) is 13.5. The van der Waals surface area contributed by atoms with Gasteiger partial charge in [0.2, 0.25) is 0 Å². The smallest absolute Gasteiger partial charge is 0.335 e. The van der Waals surface area contributed by atoms with Crippen molar-refractivity contribution in [1.29, 1.82) is 0 Å². The Bertz CT molecular complexity index is 491. The Hall–Kier alpha value is -1.91. The lowest BCUT2D eigenvalue weighted by molar-refractivity contribution is 0.0504. The predicted octanol–water partition coefficient (Wildman–Crippen LogP) is 2.18. The standard InChI is InChI=1S/C14H18N2O3/c1-9-4-3-5-10(2)16(9)13(17)12-8-11(14(18)19)6-7-15-12/h6-10H,3-5H2,1-2H3,(H,18,19). The average molecular weight is 262 g/mol. The number of rotatable bonds is 2. The SMILES string of the molecule is CC1CCCC(C)N1C(=O)c1cc(C(=O)O)ccn1. The molecule has 2 unspecified atom stereocenters. The third-order valence-corrected chi connectivity index (χ3v) is 3.65. The number of piperidine rings is 1. The van der Waals surface area contributed by atoms with Crippen LogP contribution in [0.3, 0.4) is 0 Å². The Balaban J connectivity index is 2.27. The topological polar surface area (TPSA) is 70.5 Å². The summed E-state index contributed by atoms with van der Waals surface area (Å²) >= 11 is 0. The molecule has 1 N–H and O–H groups in total. The number of carboxylic acid groups (broad SMARTS) is 1. The fourth-order valence-corrected chi connectivity index (χ4v) is 2.63. The molecule has 5 heteroatoms. The van der Waals surface area contributed by atoms with Crippen LogP contribution in [-0.2, 0) is 0 Å². The summed E-state index contributed by atoms with van der Waals surface area (Å²) in [7, 11) is 0. The fraction of sp³-hybridized carbons (Fsp3) is 0.500. The number of hydrogen-bond acceptors (Lipinski definition) is 3. The maximum Gasteiger partial charge on any atom is 0.335 e. The Kier molecular flexibility index (Phi) is 3.83. The van der Waals surface area contributed by atoms with Gasteiger partial charge in [0.1, 0.15) is 5.69 Å². The number of nitrogens with zero attached hydrogens (tertiary/aromatic N) is 2. The largest absolute Gasteiger partial charge is 0.478 e. The zero-order valence-corrected chi connectivity index (χ0v) is 11.2. The molecule has 1 aromatic heterocycles. The van der Waals surface area contributed by atoms with Crippen LogP contribution in [0, 0.1) is 0 Å². The van der Waals surface area contributed by atoms with Gasteiger partial charge >= 0.3 is 5.97 Å². The lowest BCUT2D eigenvalue weighted by Crippen LogP contribution is -2.47. The van der Waals surface area contributed by atoms with Crippen LogP contribution in [0.15, 0.2) is 18.3 Å². The molecule has 1 amide bonds. The van der Waals surface area contributed by atoms with E-state index in [4.69, 9.17) is 5.11 Å². The average Bonchev–Trinajstić information content (AvgIpc) is 2.38. The summed E-state index contributed by atoms with van der Waals surface area (Å²) in [5.41, 5.74) is 0.302. The van der Waals surface area contributed by atoms with Crippen LogP contribution in [-0.4, -0.2) is 39.0 Å². The van der Waals surface area contributed by atoms with Crippen molar-refractivity contribution in [1.82, 2.24) is 9.88 Å². The quantitative estimate of drug-likeness (QED) is 0.886. The molecule has 1 aliphatic rings. The van der Waals surface area contributed by atoms with E-state index in [1.807, 2.05) is 18.7 Å². The number of aromatic nitrogens is 1. The summed E-state index contributed by atoms with van der Waals surface area (Å²) in [6, 6.07) is 3.08. The van der Waals surface area contributed by atoms with Gasteiger partial charge in [-0.05, 0) is 45.2 Å². The summed E-state index contributed by atoms with van der Waals surface area (Å²) in [6.07, 6.45) is 4.45. The molecule has 1 saturated heterocycles.